The molecule has 0 aromatic heterocycles. The van der Waals surface area contributed by atoms with Crippen LogP contribution in [0.2, 0.25) is 0 Å². The van der Waals surface area contributed by atoms with Crippen molar-refractivity contribution >= 4 is 10.8 Å². The molecule has 0 aromatic rings. The van der Waals surface area contributed by atoms with Crippen LogP contribution in [0.25, 0.3) is 0 Å². The van der Waals surface area contributed by atoms with Crippen molar-refractivity contribution in [2.45, 2.75) is 38.1 Å². The fourth-order valence-corrected chi connectivity index (χ4v) is 1.52. The van der Waals surface area contributed by atoms with Gasteiger partial charge in [-0.25, -0.2) is 0 Å². The van der Waals surface area contributed by atoms with Crippen molar-refractivity contribution in [1.29, 1.82) is 0 Å². The second kappa shape index (κ2) is 8.66. The average molecular weight is 207 g/mol. The first-order valence-electron chi connectivity index (χ1n) is 4.83. The fourth-order valence-electron chi connectivity index (χ4n) is 1.26. The summed E-state index contributed by atoms with van der Waals surface area (Å²) < 4.78 is 9.99. The molecule has 13 heavy (non-hydrogen) atoms. The molecule has 1 rings (SSSR count). The van der Waals surface area contributed by atoms with E-state index in [4.69, 9.17) is 10.8 Å². The number of aliphatic hydroxyl groups is 1. The highest BCUT2D eigenvalue weighted by Crippen LogP contribution is 2.14. The zero-order valence-corrected chi connectivity index (χ0v) is 9.18. The Kier molecular flexibility index (Phi) is 8.71. The topological polar surface area (TPSA) is 63.3 Å². The van der Waals surface area contributed by atoms with Gasteiger partial charge in [0.15, 0.2) is 0 Å². The van der Waals surface area contributed by atoms with Crippen LogP contribution >= 0.6 is 0 Å². The predicted molar refractivity (Wildman–Crippen MR) is 57.1 cm³/mol. The van der Waals surface area contributed by atoms with Gasteiger partial charge in [0.05, 0.1) is 6.61 Å². The molecule has 1 atom stereocenters. The van der Waals surface area contributed by atoms with Crippen LogP contribution < -0.4 is 5.73 Å². The fraction of sp³-hybridized carbons (Fsp3) is 1.00. The lowest BCUT2D eigenvalue weighted by atomic mass is 9.97. The third-order valence-corrected chi connectivity index (χ3v) is 2.79. The van der Waals surface area contributed by atoms with Gasteiger partial charge in [0.25, 0.3) is 0 Å². The summed E-state index contributed by atoms with van der Waals surface area (Å²) in [5.74, 6) is 0.403. The molecule has 0 radical (unpaired) electrons. The quantitative estimate of drug-likeness (QED) is 0.698. The highest BCUT2D eigenvalue weighted by molar-refractivity contribution is 7.84. The lowest BCUT2D eigenvalue weighted by Gasteiger charge is -2.15. The van der Waals surface area contributed by atoms with Crippen molar-refractivity contribution in [1.82, 2.24) is 0 Å². The maximum Gasteiger partial charge on any atom is 0.0546 e. The van der Waals surface area contributed by atoms with Gasteiger partial charge in [0, 0.05) is 28.9 Å². The van der Waals surface area contributed by atoms with Crippen LogP contribution in [-0.4, -0.2) is 34.0 Å². The first-order valence-corrected chi connectivity index (χ1v) is 6.56. The SMILES string of the molecule is CS(=O)CCO.NC1CCCCC1. The van der Waals surface area contributed by atoms with Crippen LogP contribution in [0.5, 0.6) is 0 Å². The van der Waals surface area contributed by atoms with Gasteiger partial charge in [-0.1, -0.05) is 19.3 Å². The molecule has 0 aromatic carbocycles. The summed E-state index contributed by atoms with van der Waals surface area (Å²) in [5, 5.41) is 8.04. The van der Waals surface area contributed by atoms with Crippen LogP contribution in [0.4, 0.5) is 0 Å². The highest BCUT2D eigenvalue weighted by Gasteiger charge is 2.06. The molecular formula is C9H21NO2S. The molecule has 80 valence electrons. The second-order valence-corrected chi connectivity index (χ2v) is 4.95. The molecule has 1 saturated carbocycles. The molecule has 3 nitrogen and oxygen atoms in total. The minimum Gasteiger partial charge on any atom is -0.395 e. The van der Waals surface area contributed by atoms with Gasteiger partial charge in [-0.3, -0.25) is 4.21 Å². The zero-order chi connectivity index (χ0) is 10.1. The monoisotopic (exact) mass is 207 g/mol. The molecular weight excluding hydrogens is 186 g/mol. The number of rotatable bonds is 2. The van der Waals surface area contributed by atoms with E-state index in [1.54, 1.807) is 6.26 Å². The van der Waals surface area contributed by atoms with Gasteiger partial charge in [-0.15, -0.1) is 0 Å². The lowest BCUT2D eigenvalue weighted by molar-refractivity contribution is 0.321. The smallest absolute Gasteiger partial charge is 0.0546 e. The molecule has 1 fully saturated rings. The third kappa shape index (κ3) is 9.99. The van der Waals surface area contributed by atoms with Crippen molar-refractivity contribution in [3.05, 3.63) is 0 Å². The van der Waals surface area contributed by atoms with Crippen LogP contribution in [0.3, 0.4) is 0 Å². The Morgan fingerprint density at radius 3 is 2.08 bits per heavy atom. The van der Waals surface area contributed by atoms with E-state index in [1.165, 1.54) is 32.1 Å². The summed E-state index contributed by atoms with van der Waals surface area (Å²) in [4.78, 5) is 0. The number of aliphatic hydroxyl groups excluding tert-OH is 1. The minimum absolute atomic E-state index is 0.0309. The van der Waals surface area contributed by atoms with Crippen molar-refractivity contribution in [2.24, 2.45) is 5.73 Å². The van der Waals surface area contributed by atoms with Gasteiger partial charge in [-0.2, -0.15) is 0 Å². The zero-order valence-electron chi connectivity index (χ0n) is 8.37. The third-order valence-electron chi connectivity index (χ3n) is 2.03. The summed E-state index contributed by atoms with van der Waals surface area (Å²) in [6, 6.07) is 0.536. The van der Waals surface area contributed by atoms with E-state index in [9.17, 15) is 4.21 Å². The summed E-state index contributed by atoms with van der Waals surface area (Å²) in [6.45, 7) is 0.0309. The van der Waals surface area contributed by atoms with Gasteiger partial charge in [0.2, 0.25) is 0 Å². The summed E-state index contributed by atoms with van der Waals surface area (Å²) in [6.07, 6.45) is 8.23. The van der Waals surface area contributed by atoms with E-state index in [1.807, 2.05) is 0 Å². The van der Waals surface area contributed by atoms with Crippen LogP contribution in [0.1, 0.15) is 32.1 Å². The van der Waals surface area contributed by atoms with E-state index in [-0.39, 0.29) is 6.61 Å². The molecule has 0 spiro atoms. The van der Waals surface area contributed by atoms with Crippen LogP contribution in [0, 0.1) is 0 Å². The number of nitrogens with two attached hydrogens (primary N) is 1. The van der Waals surface area contributed by atoms with Crippen molar-refractivity contribution in [3.63, 3.8) is 0 Å². The molecule has 4 heteroatoms. The maximum absolute atomic E-state index is 9.99. The first-order chi connectivity index (χ1) is 6.16. The Morgan fingerprint density at radius 2 is 1.92 bits per heavy atom. The summed E-state index contributed by atoms with van der Waals surface area (Å²) in [5.41, 5.74) is 5.63. The Hall–Kier alpha value is 0.0700. The molecule has 0 heterocycles. The van der Waals surface area contributed by atoms with Crippen LogP contribution in [0.15, 0.2) is 0 Å². The summed E-state index contributed by atoms with van der Waals surface area (Å²) >= 11 is 0. The highest BCUT2D eigenvalue weighted by atomic mass is 32.2. The maximum atomic E-state index is 9.99. The standard InChI is InChI=1S/C6H13N.C3H8O2S/c7-6-4-2-1-3-5-6;1-6(5)3-2-4/h6H,1-5,7H2;4H,2-3H2,1H3. The van der Waals surface area contributed by atoms with Gasteiger partial charge >= 0.3 is 0 Å². The summed E-state index contributed by atoms with van der Waals surface area (Å²) in [7, 11) is -0.816. The Labute approximate surface area is 83.2 Å². The van der Waals surface area contributed by atoms with E-state index in [0.29, 0.717) is 11.8 Å². The van der Waals surface area contributed by atoms with Crippen molar-refractivity contribution in [2.75, 3.05) is 18.6 Å². The molecule has 0 saturated heterocycles. The molecule has 0 amide bonds. The van der Waals surface area contributed by atoms with Crippen LogP contribution in [-0.2, 0) is 10.8 Å². The first kappa shape index (κ1) is 13.1. The van der Waals surface area contributed by atoms with E-state index in [0.717, 1.165) is 0 Å². The second-order valence-electron chi connectivity index (χ2n) is 3.40. The number of hydrogen-bond acceptors (Lipinski definition) is 3. The minimum atomic E-state index is -0.816. The van der Waals surface area contributed by atoms with Gasteiger partial charge < -0.3 is 10.8 Å². The Morgan fingerprint density at radius 1 is 1.38 bits per heavy atom. The molecule has 1 aliphatic carbocycles. The predicted octanol–water partition coefficient (Wildman–Crippen LogP) is 0.635. The Bertz CT molecular complexity index is 136. The largest absolute Gasteiger partial charge is 0.395 e. The lowest BCUT2D eigenvalue weighted by Crippen LogP contribution is -2.22. The Balaban J connectivity index is 0.000000226. The van der Waals surface area contributed by atoms with E-state index >= 15 is 0 Å². The molecule has 1 aliphatic rings. The molecule has 1 unspecified atom stereocenters. The average Bonchev–Trinajstić information content (AvgIpc) is 2.06. The van der Waals surface area contributed by atoms with Gasteiger partial charge in [-0.05, 0) is 12.8 Å². The number of hydrogen-bond donors (Lipinski definition) is 2. The molecule has 0 bridgehead atoms. The van der Waals surface area contributed by atoms with Crippen molar-refractivity contribution < 1.29 is 9.32 Å². The van der Waals surface area contributed by atoms with E-state index in [2.05, 4.69) is 0 Å². The normalized spacial score (nSPS) is 20.2. The van der Waals surface area contributed by atoms with Crippen molar-refractivity contribution in [3.8, 4) is 0 Å². The van der Waals surface area contributed by atoms with Gasteiger partial charge in [0.1, 0.15) is 0 Å². The molecule has 3 N–H and O–H groups in total. The molecule has 0 aliphatic heterocycles. The van der Waals surface area contributed by atoms with E-state index < -0.39 is 10.8 Å².